The Balaban J connectivity index is 1.92. The van der Waals surface area contributed by atoms with Crippen molar-refractivity contribution in [2.45, 2.75) is 24.4 Å². The van der Waals surface area contributed by atoms with Gasteiger partial charge in [0.2, 0.25) is 0 Å². The highest BCUT2D eigenvalue weighted by Gasteiger charge is 2.15. The molecule has 3 rings (SSSR count). The number of thioether (sulfide) groups is 1. The average molecular weight is 467 g/mol. The molecule has 0 radical (unpaired) electrons. The number of benzene rings is 2. The van der Waals surface area contributed by atoms with Crippen LogP contribution in [-0.2, 0) is 21.8 Å². The van der Waals surface area contributed by atoms with E-state index in [1.165, 1.54) is 23.9 Å². The Labute approximate surface area is 175 Å². The lowest BCUT2D eigenvalue weighted by Gasteiger charge is -2.09. The first-order valence-corrected chi connectivity index (χ1v) is 10.5. The third-order valence-electron chi connectivity index (χ3n) is 4.11. The van der Waals surface area contributed by atoms with Crippen molar-refractivity contribution in [1.82, 2.24) is 9.55 Å². The number of esters is 1. The van der Waals surface area contributed by atoms with Crippen LogP contribution in [0.1, 0.15) is 22.8 Å². The summed E-state index contributed by atoms with van der Waals surface area (Å²) in [6, 6.07) is 9.97. The average Bonchev–Trinajstić information content (AvgIpc) is 3.03. The van der Waals surface area contributed by atoms with Gasteiger partial charge >= 0.3 is 5.97 Å². The molecule has 1 heterocycles. The van der Waals surface area contributed by atoms with Crippen molar-refractivity contribution < 1.29 is 18.7 Å². The molecule has 0 N–H and O–H groups in total. The van der Waals surface area contributed by atoms with E-state index >= 15 is 0 Å². The Morgan fingerprint density at radius 2 is 2.11 bits per heavy atom. The van der Waals surface area contributed by atoms with E-state index in [-0.39, 0.29) is 11.8 Å². The van der Waals surface area contributed by atoms with Crippen LogP contribution in [0.25, 0.3) is 11.0 Å². The number of nitrogens with zero attached hydrogens (tertiary/aromatic N) is 2. The molecule has 0 spiro atoms. The van der Waals surface area contributed by atoms with Crippen LogP contribution in [0, 0.1) is 5.82 Å². The predicted molar refractivity (Wildman–Crippen MR) is 111 cm³/mol. The molecule has 0 atom stereocenters. The summed E-state index contributed by atoms with van der Waals surface area (Å²) in [5.74, 6) is -0.0844. The summed E-state index contributed by atoms with van der Waals surface area (Å²) >= 11 is 4.97. The molecule has 8 heteroatoms. The number of fused-ring (bicyclic) bond motifs is 1. The minimum atomic E-state index is -0.367. The van der Waals surface area contributed by atoms with E-state index in [9.17, 15) is 9.18 Å². The summed E-state index contributed by atoms with van der Waals surface area (Å²) in [7, 11) is 1.65. The second-order valence-corrected chi connectivity index (χ2v) is 7.78. The molecule has 3 aromatic rings. The van der Waals surface area contributed by atoms with E-state index in [1.54, 1.807) is 32.2 Å². The van der Waals surface area contributed by atoms with Crippen LogP contribution in [-0.4, -0.2) is 35.8 Å². The third-order valence-corrected chi connectivity index (χ3v) is 5.91. The largest absolute Gasteiger partial charge is 0.462 e. The molecule has 0 saturated carbocycles. The monoisotopic (exact) mass is 466 g/mol. The van der Waals surface area contributed by atoms with Crippen molar-refractivity contribution in [3.05, 3.63) is 57.8 Å². The smallest absolute Gasteiger partial charge is 0.338 e. The molecule has 0 saturated heterocycles. The summed E-state index contributed by atoms with van der Waals surface area (Å²) < 4.78 is 26.7. The van der Waals surface area contributed by atoms with Crippen molar-refractivity contribution in [1.29, 1.82) is 0 Å². The van der Waals surface area contributed by atoms with Gasteiger partial charge in [0.05, 0.1) is 29.8 Å². The first-order valence-electron chi connectivity index (χ1n) is 8.76. The fourth-order valence-corrected chi connectivity index (χ4v) is 4.36. The van der Waals surface area contributed by atoms with E-state index < -0.39 is 0 Å². The lowest BCUT2D eigenvalue weighted by Crippen LogP contribution is -2.06. The molecule has 2 aromatic carbocycles. The number of halogens is 2. The van der Waals surface area contributed by atoms with Crippen molar-refractivity contribution in [2.75, 3.05) is 20.3 Å². The molecular formula is C20H20BrFN2O3S. The van der Waals surface area contributed by atoms with Gasteiger partial charge in [0, 0.05) is 23.9 Å². The van der Waals surface area contributed by atoms with Crippen molar-refractivity contribution in [2.24, 2.45) is 0 Å². The SMILES string of the molecule is CCOC(=O)c1ccc2c(c1)nc(SCc1cc(F)ccc1Br)n2CCOC. The van der Waals surface area contributed by atoms with Gasteiger partial charge in [-0.05, 0) is 48.9 Å². The summed E-state index contributed by atoms with van der Waals surface area (Å²) in [5, 5.41) is 0.782. The predicted octanol–water partition coefficient (Wildman–Crippen LogP) is 5.05. The number of hydrogen-bond donors (Lipinski definition) is 0. The van der Waals surface area contributed by atoms with Gasteiger partial charge < -0.3 is 14.0 Å². The maximum absolute atomic E-state index is 13.6. The van der Waals surface area contributed by atoms with Gasteiger partial charge in [-0.25, -0.2) is 14.2 Å². The summed E-state index contributed by atoms with van der Waals surface area (Å²) in [6.07, 6.45) is 0. The zero-order valence-electron chi connectivity index (χ0n) is 15.6. The maximum atomic E-state index is 13.6. The van der Waals surface area contributed by atoms with Crippen LogP contribution in [0.2, 0.25) is 0 Å². The fraction of sp³-hybridized carbons (Fsp3) is 0.300. The van der Waals surface area contributed by atoms with E-state index in [2.05, 4.69) is 20.9 Å². The van der Waals surface area contributed by atoms with Crippen LogP contribution < -0.4 is 0 Å². The normalized spacial score (nSPS) is 11.1. The Hall–Kier alpha value is -1.90. The molecule has 0 fully saturated rings. The van der Waals surface area contributed by atoms with Crippen LogP contribution in [0.3, 0.4) is 0 Å². The Kier molecular flexibility index (Phi) is 7.09. The van der Waals surface area contributed by atoms with E-state index in [1.807, 2.05) is 10.6 Å². The Bertz CT molecular complexity index is 993. The van der Waals surface area contributed by atoms with Gasteiger partial charge in [-0.15, -0.1) is 0 Å². The summed E-state index contributed by atoms with van der Waals surface area (Å²) in [6.45, 7) is 3.25. The van der Waals surface area contributed by atoms with Gasteiger partial charge in [0.15, 0.2) is 5.16 Å². The zero-order chi connectivity index (χ0) is 20.1. The van der Waals surface area contributed by atoms with Gasteiger partial charge in [-0.2, -0.15) is 0 Å². The molecule has 0 bridgehead atoms. The number of ether oxygens (including phenoxy) is 2. The second-order valence-electron chi connectivity index (χ2n) is 5.99. The molecule has 5 nitrogen and oxygen atoms in total. The minimum Gasteiger partial charge on any atom is -0.462 e. The molecule has 148 valence electrons. The van der Waals surface area contributed by atoms with Crippen molar-refractivity contribution in [3.63, 3.8) is 0 Å². The van der Waals surface area contributed by atoms with Crippen molar-refractivity contribution >= 4 is 44.7 Å². The number of methoxy groups -OCH3 is 1. The Morgan fingerprint density at radius 1 is 1.29 bits per heavy atom. The summed E-state index contributed by atoms with van der Waals surface area (Å²) in [5.41, 5.74) is 2.94. The lowest BCUT2D eigenvalue weighted by atomic mass is 10.2. The zero-order valence-corrected chi connectivity index (χ0v) is 18.0. The number of carbonyl (C=O) groups excluding carboxylic acids is 1. The molecule has 28 heavy (non-hydrogen) atoms. The van der Waals surface area contributed by atoms with E-state index in [4.69, 9.17) is 9.47 Å². The third kappa shape index (κ3) is 4.74. The Morgan fingerprint density at radius 3 is 2.86 bits per heavy atom. The number of hydrogen-bond acceptors (Lipinski definition) is 5. The number of imidazole rings is 1. The highest BCUT2D eigenvalue weighted by atomic mass is 79.9. The quantitative estimate of drug-likeness (QED) is 0.343. The number of aromatic nitrogens is 2. The standard InChI is InChI=1S/C20H20BrFN2O3S/c1-3-27-19(25)13-4-7-18-17(11-13)23-20(24(18)8-9-26-2)28-12-14-10-15(22)5-6-16(14)21/h4-7,10-11H,3,8-9,12H2,1-2H3. The molecule has 0 amide bonds. The van der Waals surface area contributed by atoms with Crippen LogP contribution in [0.15, 0.2) is 46.0 Å². The molecule has 0 aliphatic rings. The van der Waals surface area contributed by atoms with Crippen LogP contribution >= 0.6 is 27.7 Å². The highest BCUT2D eigenvalue weighted by molar-refractivity contribution is 9.10. The van der Waals surface area contributed by atoms with Gasteiger partial charge in [-0.3, -0.25) is 0 Å². The molecular weight excluding hydrogens is 447 g/mol. The maximum Gasteiger partial charge on any atom is 0.338 e. The van der Waals surface area contributed by atoms with Gasteiger partial charge in [-0.1, -0.05) is 27.7 Å². The topological polar surface area (TPSA) is 53.3 Å². The molecule has 0 unspecified atom stereocenters. The molecule has 0 aliphatic carbocycles. The summed E-state index contributed by atoms with van der Waals surface area (Å²) in [4.78, 5) is 16.7. The highest BCUT2D eigenvalue weighted by Crippen LogP contribution is 2.30. The number of carbonyl (C=O) groups is 1. The van der Waals surface area contributed by atoms with Gasteiger partial charge in [0.1, 0.15) is 5.82 Å². The van der Waals surface area contributed by atoms with Crippen molar-refractivity contribution in [3.8, 4) is 0 Å². The van der Waals surface area contributed by atoms with Gasteiger partial charge in [0.25, 0.3) is 0 Å². The van der Waals surface area contributed by atoms with Crippen LogP contribution in [0.5, 0.6) is 0 Å². The lowest BCUT2D eigenvalue weighted by molar-refractivity contribution is 0.0526. The number of rotatable bonds is 8. The second kappa shape index (κ2) is 9.54. The fourth-order valence-electron chi connectivity index (χ4n) is 2.75. The first kappa shape index (κ1) is 20.8. The van der Waals surface area contributed by atoms with E-state index in [0.29, 0.717) is 36.6 Å². The molecule has 0 aliphatic heterocycles. The molecule has 1 aromatic heterocycles. The minimum absolute atomic E-state index is 0.272. The van der Waals surface area contributed by atoms with Crippen LogP contribution in [0.4, 0.5) is 4.39 Å². The van der Waals surface area contributed by atoms with E-state index in [0.717, 1.165) is 20.7 Å². The first-order chi connectivity index (χ1) is 13.5.